The maximum atomic E-state index is 12.1. The van der Waals surface area contributed by atoms with E-state index in [1.165, 1.54) is 0 Å². The van der Waals surface area contributed by atoms with E-state index in [2.05, 4.69) is 15.9 Å². The van der Waals surface area contributed by atoms with E-state index in [1.807, 2.05) is 24.3 Å². The molecule has 0 saturated heterocycles. The van der Waals surface area contributed by atoms with Crippen LogP contribution in [0.3, 0.4) is 0 Å². The molecule has 4 nitrogen and oxygen atoms in total. The largest absolute Gasteiger partial charge is 0.488 e. The molecule has 3 rings (SSSR count). The van der Waals surface area contributed by atoms with Crippen LogP contribution in [-0.4, -0.2) is 19.1 Å². The Labute approximate surface area is 125 Å². The van der Waals surface area contributed by atoms with Crippen LogP contribution in [0.25, 0.3) is 0 Å². The zero-order chi connectivity index (χ0) is 13.9. The van der Waals surface area contributed by atoms with Crippen molar-refractivity contribution in [3.05, 3.63) is 58.6 Å². The number of rotatable bonds is 2. The third-order valence-electron chi connectivity index (χ3n) is 2.96. The van der Waals surface area contributed by atoms with Crippen LogP contribution in [0.1, 0.15) is 10.4 Å². The van der Waals surface area contributed by atoms with Gasteiger partial charge in [-0.25, -0.2) is 4.79 Å². The average Bonchev–Trinajstić information content (AvgIpc) is 2.49. The van der Waals surface area contributed by atoms with Crippen molar-refractivity contribution in [1.82, 2.24) is 0 Å². The summed E-state index contributed by atoms with van der Waals surface area (Å²) in [5.74, 6) is 0.318. The van der Waals surface area contributed by atoms with E-state index >= 15 is 0 Å². The maximum absolute atomic E-state index is 12.1. The third-order valence-corrected chi connectivity index (χ3v) is 3.58. The van der Waals surface area contributed by atoms with E-state index in [1.54, 1.807) is 29.3 Å². The summed E-state index contributed by atoms with van der Waals surface area (Å²) in [4.78, 5) is 17.5. The number of hydroxylamine groups is 1. The number of anilines is 1. The van der Waals surface area contributed by atoms with Gasteiger partial charge in [0.15, 0.2) is 5.75 Å². The molecule has 5 heteroatoms. The van der Waals surface area contributed by atoms with Crippen molar-refractivity contribution in [3.8, 4) is 5.75 Å². The van der Waals surface area contributed by atoms with Crippen LogP contribution in [0.2, 0.25) is 0 Å². The number of carbonyl (C=O) groups excluding carboxylic acids is 1. The number of halogens is 1. The smallest absolute Gasteiger partial charge is 0.363 e. The fourth-order valence-electron chi connectivity index (χ4n) is 2.01. The van der Waals surface area contributed by atoms with Crippen molar-refractivity contribution in [1.29, 1.82) is 0 Å². The molecule has 0 aromatic heterocycles. The highest BCUT2D eigenvalue weighted by Gasteiger charge is 2.23. The van der Waals surface area contributed by atoms with Gasteiger partial charge in [0.05, 0.1) is 16.6 Å². The van der Waals surface area contributed by atoms with Crippen molar-refractivity contribution in [2.45, 2.75) is 0 Å². The number of hydrogen-bond acceptors (Lipinski definition) is 4. The monoisotopic (exact) mass is 333 g/mol. The summed E-state index contributed by atoms with van der Waals surface area (Å²) in [6, 6.07) is 14.5. The first kappa shape index (κ1) is 13.0. The molecular weight excluding hydrogens is 322 g/mol. The Morgan fingerprint density at radius 1 is 1.15 bits per heavy atom. The third kappa shape index (κ3) is 2.49. The van der Waals surface area contributed by atoms with Gasteiger partial charge in [-0.1, -0.05) is 24.3 Å². The van der Waals surface area contributed by atoms with E-state index in [0.717, 1.165) is 10.2 Å². The van der Waals surface area contributed by atoms with Crippen LogP contribution in [0.15, 0.2) is 53.0 Å². The molecule has 1 aliphatic heterocycles. The van der Waals surface area contributed by atoms with Gasteiger partial charge < -0.3 is 9.57 Å². The topological polar surface area (TPSA) is 38.8 Å². The second-order valence-electron chi connectivity index (χ2n) is 4.28. The highest BCUT2D eigenvalue weighted by molar-refractivity contribution is 9.10. The van der Waals surface area contributed by atoms with E-state index in [-0.39, 0.29) is 5.97 Å². The van der Waals surface area contributed by atoms with Gasteiger partial charge in [-0.2, -0.15) is 5.06 Å². The summed E-state index contributed by atoms with van der Waals surface area (Å²) in [5.41, 5.74) is 1.27. The van der Waals surface area contributed by atoms with Crippen LogP contribution in [-0.2, 0) is 4.84 Å². The number of benzene rings is 2. The first-order chi connectivity index (χ1) is 9.75. The molecule has 0 fully saturated rings. The molecule has 0 unspecified atom stereocenters. The molecule has 0 atom stereocenters. The molecule has 1 heterocycles. The lowest BCUT2D eigenvalue weighted by molar-refractivity contribution is 0.0415. The lowest BCUT2D eigenvalue weighted by Crippen LogP contribution is -2.35. The van der Waals surface area contributed by atoms with Crippen molar-refractivity contribution in [2.24, 2.45) is 0 Å². The highest BCUT2D eigenvalue weighted by atomic mass is 79.9. The van der Waals surface area contributed by atoms with Crippen LogP contribution in [0.4, 0.5) is 5.69 Å². The lowest BCUT2D eigenvalue weighted by atomic mass is 10.2. The van der Waals surface area contributed by atoms with Gasteiger partial charge in [0.25, 0.3) is 0 Å². The fourth-order valence-corrected chi connectivity index (χ4v) is 2.48. The molecule has 0 amide bonds. The number of fused-ring (bicyclic) bond motifs is 1. The Hall–Kier alpha value is -2.01. The van der Waals surface area contributed by atoms with Gasteiger partial charge in [-0.15, -0.1) is 0 Å². The van der Waals surface area contributed by atoms with Gasteiger partial charge in [-0.3, -0.25) is 0 Å². The summed E-state index contributed by atoms with van der Waals surface area (Å²) in [6.45, 7) is 0.972. The number of para-hydroxylation sites is 1. The van der Waals surface area contributed by atoms with Crippen LogP contribution in [0.5, 0.6) is 5.75 Å². The van der Waals surface area contributed by atoms with Crippen molar-refractivity contribution >= 4 is 27.6 Å². The molecule has 0 spiro atoms. The van der Waals surface area contributed by atoms with E-state index in [9.17, 15) is 4.79 Å². The van der Waals surface area contributed by atoms with Gasteiger partial charge >= 0.3 is 5.97 Å². The van der Waals surface area contributed by atoms with Crippen molar-refractivity contribution < 1.29 is 14.4 Å². The molecule has 2 aromatic carbocycles. The van der Waals surface area contributed by atoms with Gasteiger partial charge in [0.1, 0.15) is 12.3 Å². The summed E-state index contributed by atoms with van der Waals surface area (Å²) in [7, 11) is 0. The summed E-state index contributed by atoms with van der Waals surface area (Å²) < 4.78 is 6.43. The standard InChI is InChI=1S/C15H12BrNO3/c16-12-7-4-8-13-14(12)19-10-9-17(13)20-15(18)11-5-2-1-3-6-11/h1-8H,9-10H2. The second-order valence-corrected chi connectivity index (χ2v) is 5.14. The second kappa shape index (κ2) is 5.54. The molecule has 2 aromatic rings. The Morgan fingerprint density at radius 3 is 2.75 bits per heavy atom. The number of carbonyl (C=O) groups is 1. The van der Waals surface area contributed by atoms with Gasteiger partial charge in [-0.05, 0) is 40.2 Å². The molecule has 102 valence electrons. The predicted octanol–water partition coefficient (Wildman–Crippen LogP) is 3.42. The van der Waals surface area contributed by atoms with E-state index in [4.69, 9.17) is 9.57 Å². The SMILES string of the molecule is O=C(ON1CCOc2c(Br)cccc21)c1ccccc1. The quantitative estimate of drug-likeness (QED) is 0.844. The molecule has 0 saturated carbocycles. The Kier molecular flexibility index (Phi) is 3.60. The van der Waals surface area contributed by atoms with E-state index in [0.29, 0.717) is 24.5 Å². The van der Waals surface area contributed by atoms with Crippen LogP contribution in [0, 0.1) is 0 Å². The Bertz CT molecular complexity index is 630. The zero-order valence-corrected chi connectivity index (χ0v) is 12.2. The van der Waals surface area contributed by atoms with Crippen LogP contribution >= 0.6 is 15.9 Å². The Balaban J connectivity index is 1.84. The minimum absolute atomic E-state index is 0.376. The number of nitrogens with zero attached hydrogens (tertiary/aromatic N) is 1. The molecule has 0 N–H and O–H groups in total. The summed E-state index contributed by atoms with van der Waals surface area (Å²) >= 11 is 3.43. The summed E-state index contributed by atoms with van der Waals surface area (Å²) in [6.07, 6.45) is 0. The summed E-state index contributed by atoms with van der Waals surface area (Å²) in [5, 5.41) is 1.57. The molecule has 0 radical (unpaired) electrons. The molecular formula is C15H12BrNO3. The molecule has 0 bridgehead atoms. The number of hydrogen-bond donors (Lipinski definition) is 0. The fraction of sp³-hybridized carbons (Fsp3) is 0.133. The highest BCUT2D eigenvalue weighted by Crippen LogP contribution is 2.38. The minimum Gasteiger partial charge on any atom is -0.488 e. The van der Waals surface area contributed by atoms with Crippen LogP contribution < -0.4 is 9.80 Å². The first-order valence-corrected chi connectivity index (χ1v) is 7.01. The van der Waals surface area contributed by atoms with Gasteiger partial charge in [0, 0.05) is 0 Å². The normalized spacial score (nSPS) is 13.3. The predicted molar refractivity (Wildman–Crippen MR) is 78.8 cm³/mol. The number of ether oxygens (including phenoxy) is 1. The zero-order valence-electron chi connectivity index (χ0n) is 10.6. The first-order valence-electron chi connectivity index (χ1n) is 6.22. The lowest BCUT2D eigenvalue weighted by Gasteiger charge is -2.29. The molecule has 0 aliphatic carbocycles. The maximum Gasteiger partial charge on any atom is 0.363 e. The van der Waals surface area contributed by atoms with E-state index < -0.39 is 0 Å². The minimum atomic E-state index is -0.376. The van der Waals surface area contributed by atoms with Crippen molar-refractivity contribution in [3.63, 3.8) is 0 Å². The molecule has 20 heavy (non-hydrogen) atoms. The molecule has 1 aliphatic rings. The Morgan fingerprint density at radius 2 is 1.95 bits per heavy atom. The van der Waals surface area contributed by atoms with Gasteiger partial charge in [0.2, 0.25) is 0 Å². The van der Waals surface area contributed by atoms with Crippen molar-refractivity contribution in [2.75, 3.05) is 18.2 Å². The average molecular weight is 334 g/mol.